The van der Waals surface area contributed by atoms with E-state index in [1.54, 1.807) is 19.0 Å². The zero-order valence-corrected chi connectivity index (χ0v) is 15.7. The van der Waals surface area contributed by atoms with Gasteiger partial charge in [-0.05, 0) is 25.5 Å². The quantitative estimate of drug-likeness (QED) is 0.655. The average Bonchev–Trinajstić information content (AvgIpc) is 2.88. The number of hydrogen-bond donors (Lipinski definition) is 2. The van der Waals surface area contributed by atoms with Crippen molar-refractivity contribution in [3.8, 4) is 0 Å². The molecule has 0 aliphatic heterocycles. The lowest BCUT2D eigenvalue weighted by atomic mass is 10.1. The molecular formula is C16H19N7O2S. The summed E-state index contributed by atoms with van der Waals surface area (Å²) in [6.07, 6.45) is 0. The van der Waals surface area contributed by atoms with E-state index in [2.05, 4.69) is 19.9 Å². The van der Waals surface area contributed by atoms with Crippen molar-refractivity contribution >= 4 is 45.1 Å². The van der Waals surface area contributed by atoms with Gasteiger partial charge in [0.2, 0.25) is 11.9 Å². The summed E-state index contributed by atoms with van der Waals surface area (Å²) in [5.41, 5.74) is 14.0. The van der Waals surface area contributed by atoms with E-state index in [-0.39, 0.29) is 18.4 Å². The lowest BCUT2D eigenvalue weighted by molar-refractivity contribution is 0.0469. The van der Waals surface area contributed by atoms with Crippen LogP contribution in [0.3, 0.4) is 0 Å². The molecule has 3 aromatic heterocycles. The molecule has 136 valence electrons. The van der Waals surface area contributed by atoms with E-state index in [1.807, 2.05) is 19.9 Å². The van der Waals surface area contributed by atoms with Crippen LogP contribution >= 0.6 is 11.3 Å². The third-order valence-corrected chi connectivity index (χ3v) is 4.71. The van der Waals surface area contributed by atoms with Gasteiger partial charge in [0.15, 0.2) is 12.4 Å². The smallest absolute Gasteiger partial charge is 0.350 e. The third kappa shape index (κ3) is 3.36. The lowest BCUT2D eigenvalue weighted by Crippen LogP contribution is -2.17. The van der Waals surface area contributed by atoms with Gasteiger partial charge in [-0.25, -0.2) is 9.78 Å². The molecule has 3 rings (SSSR count). The molecule has 0 bridgehead atoms. The van der Waals surface area contributed by atoms with Crippen LogP contribution in [0.1, 0.15) is 26.8 Å². The molecule has 0 amide bonds. The molecule has 0 aliphatic rings. The molecule has 3 aromatic rings. The first-order valence-electron chi connectivity index (χ1n) is 7.77. The number of hydrogen-bond acceptors (Lipinski definition) is 10. The van der Waals surface area contributed by atoms with Crippen LogP contribution in [-0.2, 0) is 11.3 Å². The summed E-state index contributed by atoms with van der Waals surface area (Å²) in [6.45, 7) is 3.70. The summed E-state index contributed by atoms with van der Waals surface area (Å²) in [4.78, 5) is 31.8. The number of nitrogen functional groups attached to an aromatic ring is 2. The molecule has 9 nitrogen and oxygen atoms in total. The van der Waals surface area contributed by atoms with Gasteiger partial charge in [-0.15, -0.1) is 11.3 Å². The Labute approximate surface area is 154 Å². The summed E-state index contributed by atoms with van der Waals surface area (Å²) in [5.74, 6) is 0.166. The zero-order chi connectivity index (χ0) is 19.0. The highest BCUT2D eigenvalue weighted by Gasteiger charge is 2.21. The minimum absolute atomic E-state index is 0.0615. The molecule has 0 atom stereocenters. The lowest BCUT2D eigenvalue weighted by Gasteiger charge is -2.11. The molecule has 0 aliphatic carbocycles. The van der Waals surface area contributed by atoms with Crippen LogP contribution in [-0.4, -0.2) is 40.0 Å². The van der Waals surface area contributed by atoms with Crippen molar-refractivity contribution in [2.45, 2.75) is 20.5 Å². The van der Waals surface area contributed by atoms with Crippen LogP contribution in [0.5, 0.6) is 0 Å². The van der Waals surface area contributed by atoms with E-state index in [0.29, 0.717) is 21.3 Å². The predicted molar refractivity (Wildman–Crippen MR) is 101 cm³/mol. The standard InChI is InChI=1S/C16H19N7O2S/c1-7-5-8(2)19-13-10(7)11(17)12(26-13)14(24)25-6-9-20-15(18)22-16(21-9)23(3)4/h5H,6,17H2,1-4H3,(H2,18,20,21,22). The molecular weight excluding hydrogens is 354 g/mol. The molecule has 0 radical (unpaired) electrons. The Kier molecular flexibility index (Phi) is 4.60. The normalized spacial score (nSPS) is 10.9. The van der Waals surface area contributed by atoms with Crippen LogP contribution in [0, 0.1) is 13.8 Å². The number of carbonyl (C=O) groups is 1. The topological polar surface area (TPSA) is 133 Å². The Bertz CT molecular complexity index is 1000. The van der Waals surface area contributed by atoms with Gasteiger partial charge in [0.05, 0.1) is 5.69 Å². The monoisotopic (exact) mass is 373 g/mol. The van der Waals surface area contributed by atoms with Crippen LogP contribution in [0.25, 0.3) is 10.2 Å². The van der Waals surface area contributed by atoms with Gasteiger partial charge >= 0.3 is 5.97 Å². The number of pyridine rings is 1. The Morgan fingerprint density at radius 1 is 1.19 bits per heavy atom. The highest BCUT2D eigenvalue weighted by atomic mass is 32.1. The maximum absolute atomic E-state index is 12.5. The molecule has 0 saturated carbocycles. The van der Waals surface area contributed by atoms with E-state index in [4.69, 9.17) is 16.2 Å². The molecule has 4 N–H and O–H groups in total. The number of nitrogens with zero attached hydrogens (tertiary/aromatic N) is 5. The fourth-order valence-corrected chi connectivity index (χ4v) is 3.62. The number of fused-ring (bicyclic) bond motifs is 1. The fraction of sp³-hybridized carbons (Fsp3) is 0.312. The van der Waals surface area contributed by atoms with Crippen LogP contribution in [0.4, 0.5) is 17.6 Å². The molecule has 0 unspecified atom stereocenters. The number of aryl methyl sites for hydroxylation is 2. The summed E-state index contributed by atoms with van der Waals surface area (Å²) in [6, 6.07) is 1.93. The number of carbonyl (C=O) groups excluding carboxylic acids is 1. The third-order valence-electron chi connectivity index (χ3n) is 3.63. The van der Waals surface area contributed by atoms with Crippen molar-refractivity contribution in [1.29, 1.82) is 0 Å². The van der Waals surface area contributed by atoms with Crippen LogP contribution < -0.4 is 16.4 Å². The maximum atomic E-state index is 12.5. The van der Waals surface area contributed by atoms with Crippen molar-refractivity contribution in [3.63, 3.8) is 0 Å². The summed E-state index contributed by atoms with van der Waals surface area (Å²) in [7, 11) is 3.56. The molecule has 0 saturated heterocycles. The fourth-order valence-electron chi connectivity index (χ4n) is 2.51. The van der Waals surface area contributed by atoms with Gasteiger partial charge in [0, 0.05) is 25.2 Å². The van der Waals surface area contributed by atoms with Crippen LogP contribution in [0.15, 0.2) is 6.07 Å². The molecule has 3 heterocycles. The van der Waals surface area contributed by atoms with Gasteiger partial charge < -0.3 is 21.1 Å². The maximum Gasteiger partial charge on any atom is 0.350 e. The highest BCUT2D eigenvalue weighted by Crippen LogP contribution is 2.35. The Hall–Kier alpha value is -3.01. The summed E-state index contributed by atoms with van der Waals surface area (Å²) in [5, 5.41) is 0.784. The van der Waals surface area contributed by atoms with Crippen LogP contribution in [0.2, 0.25) is 0 Å². The average molecular weight is 373 g/mol. The number of rotatable bonds is 4. The Morgan fingerprint density at radius 3 is 2.62 bits per heavy atom. The van der Waals surface area contributed by atoms with E-state index in [9.17, 15) is 4.79 Å². The first kappa shape index (κ1) is 17.8. The predicted octanol–water partition coefficient (Wildman–Crippen LogP) is 1.69. The van der Waals surface area contributed by atoms with Gasteiger partial charge in [-0.1, -0.05) is 0 Å². The minimum Gasteiger partial charge on any atom is -0.453 e. The highest BCUT2D eigenvalue weighted by molar-refractivity contribution is 7.21. The number of aromatic nitrogens is 4. The van der Waals surface area contributed by atoms with Crippen molar-refractivity contribution in [3.05, 3.63) is 28.0 Å². The minimum atomic E-state index is -0.548. The molecule has 10 heteroatoms. The SMILES string of the molecule is Cc1cc(C)c2c(N)c(C(=O)OCc3nc(N)nc(N(C)C)n3)sc2n1. The van der Waals surface area contributed by atoms with E-state index in [1.165, 1.54) is 11.3 Å². The number of anilines is 3. The second-order valence-corrected chi connectivity index (χ2v) is 6.99. The largest absolute Gasteiger partial charge is 0.453 e. The summed E-state index contributed by atoms with van der Waals surface area (Å²) < 4.78 is 5.32. The number of ether oxygens (including phenoxy) is 1. The molecule has 0 spiro atoms. The Balaban J connectivity index is 1.84. The Morgan fingerprint density at radius 2 is 1.92 bits per heavy atom. The van der Waals surface area contributed by atoms with Crippen molar-refractivity contribution in [1.82, 2.24) is 19.9 Å². The van der Waals surface area contributed by atoms with E-state index in [0.717, 1.165) is 16.6 Å². The first-order valence-corrected chi connectivity index (χ1v) is 8.59. The van der Waals surface area contributed by atoms with Gasteiger partial charge in [-0.2, -0.15) is 15.0 Å². The van der Waals surface area contributed by atoms with Crippen molar-refractivity contribution in [2.24, 2.45) is 0 Å². The van der Waals surface area contributed by atoms with Gasteiger partial charge in [-0.3, -0.25) is 0 Å². The van der Waals surface area contributed by atoms with Gasteiger partial charge in [0.25, 0.3) is 0 Å². The first-order chi connectivity index (χ1) is 12.3. The van der Waals surface area contributed by atoms with E-state index < -0.39 is 5.97 Å². The summed E-state index contributed by atoms with van der Waals surface area (Å²) >= 11 is 1.21. The number of thiophene rings is 1. The number of nitrogens with two attached hydrogens (primary N) is 2. The number of esters is 1. The second-order valence-electron chi connectivity index (χ2n) is 5.99. The molecule has 0 fully saturated rings. The molecule has 26 heavy (non-hydrogen) atoms. The van der Waals surface area contributed by atoms with Crippen molar-refractivity contribution in [2.75, 3.05) is 30.5 Å². The van der Waals surface area contributed by atoms with E-state index >= 15 is 0 Å². The van der Waals surface area contributed by atoms with Crippen molar-refractivity contribution < 1.29 is 9.53 Å². The molecule has 0 aromatic carbocycles. The van der Waals surface area contributed by atoms with Gasteiger partial charge in [0.1, 0.15) is 9.71 Å². The second kappa shape index (κ2) is 6.71. The zero-order valence-electron chi connectivity index (χ0n) is 14.9.